The van der Waals surface area contributed by atoms with Crippen LogP contribution in [0.4, 0.5) is 5.82 Å². The van der Waals surface area contributed by atoms with Crippen LogP contribution < -0.4 is 10.1 Å². The number of ether oxygens (including phenoxy) is 1. The van der Waals surface area contributed by atoms with E-state index >= 15 is 0 Å². The number of hydrogen-bond donors (Lipinski definition) is 1. The van der Waals surface area contributed by atoms with Crippen LogP contribution in [0.1, 0.15) is 24.1 Å². The third-order valence-electron chi connectivity index (χ3n) is 3.60. The average molecular weight is 334 g/mol. The predicted octanol–water partition coefficient (Wildman–Crippen LogP) is 4.83. The van der Waals surface area contributed by atoms with Crippen molar-refractivity contribution in [2.45, 2.75) is 19.9 Å². The van der Waals surface area contributed by atoms with E-state index in [-0.39, 0.29) is 6.04 Å². The van der Waals surface area contributed by atoms with Crippen LogP contribution in [-0.2, 0) is 0 Å². The molecule has 1 N–H and O–H groups in total. The lowest BCUT2D eigenvalue weighted by atomic mass is 10.0. The lowest BCUT2D eigenvalue weighted by Crippen LogP contribution is -2.08. The molecule has 0 saturated carbocycles. The van der Waals surface area contributed by atoms with E-state index in [0.717, 1.165) is 32.9 Å². The summed E-state index contributed by atoms with van der Waals surface area (Å²) in [4.78, 5) is 9.47. The summed E-state index contributed by atoms with van der Waals surface area (Å²) in [7, 11) is 1.68. The van der Waals surface area contributed by atoms with Gasteiger partial charge in [0.1, 0.15) is 22.7 Å². The Balaban J connectivity index is 1.91. The molecule has 0 bridgehead atoms. The van der Waals surface area contributed by atoms with Crippen LogP contribution in [0.3, 0.4) is 0 Å². The summed E-state index contributed by atoms with van der Waals surface area (Å²) >= 11 is 7.76. The first-order valence-electron chi connectivity index (χ1n) is 6.89. The number of hydrogen-bond acceptors (Lipinski definition) is 5. The lowest BCUT2D eigenvalue weighted by Gasteiger charge is -2.17. The fourth-order valence-corrected chi connectivity index (χ4v) is 3.54. The van der Waals surface area contributed by atoms with E-state index in [4.69, 9.17) is 16.3 Å². The van der Waals surface area contributed by atoms with Gasteiger partial charge in [-0.2, -0.15) is 0 Å². The maximum atomic E-state index is 6.25. The largest absolute Gasteiger partial charge is 0.496 e. The molecule has 0 spiro atoms. The first-order chi connectivity index (χ1) is 10.6. The predicted molar refractivity (Wildman–Crippen MR) is 92.2 cm³/mol. The van der Waals surface area contributed by atoms with Gasteiger partial charge in [0.05, 0.1) is 17.5 Å². The molecule has 2 aromatic heterocycles. The number of fused-ring (bicyclic) bond motifs is 1. The van der Waals surface area contributed by atoms with Crippen molar-refractivity contribution in [1.82, 2.24) is 9.97 Å². The lowest BCUT2D eigenvalue weighted by molar-refractivity contribution is 0.411. The Hall–Kier alpha value is -1.85. The standard InChI is InChI=1S/C16H16ClN3OS/c1-9-6-11(4-5-13(9)21-3)10(2)20-15-14-12(17)7-22-16(14)19-8-18-15/h4-8,10H,1-3H3,(H,18,19,20). The van der Waals surface area contributed by atoms with Crippen LogP contribution in [-0.4, -0.2) is 17.1 Å². The number of nitrogens with one attached hydrogen (secondary N) is 1. The Morgan fingerprint density at radius 2 is 2.14 bits per heavy atom. The van der Waals surface area contributed by atoms with Crippen LogP contribution in [0, 0.1) is 6.92 Å². The number of benzene rings is 1. The monoisotopic (exact) mass is 333 g/mol. The molecule has 0 fully saturated rings. The molecule has 1 atom stereocenters. The van der Waals surface area contributed by atoms with Crippen molar-refractivity contribution < 1.29 is 4.74 Å². The minimum Gasteiger partial charge on any atom is -0.496 e. The second-order valence-corrected chi connectivity index (χ2v) is 6.35. The minimum absolute atomic E-state index is 0.0960. The van der Waals surface area contributed by atoms with Gasteiger partial charge < -0.3 is 10.1 Å². The smallest absolute Gasteiger partial charge is 0.140 e. The third-order valence-corrected chi connectivity index (χ3v) is 4.91. The van der Waals surface area contributed by atoms with Gasteiger partial charge in [0.2, 0.25) is 0 Å². The van der Waals surface area contributed by atoms with E-state index in [1.807, 2.05) is 18.4 Å². The van der Waals surface area contributed by atoms with Crippen molar-refractivity contribution in [3.8, 4) is 5.75 Å². The minimum atomic E-state index is 0.0960. The molecule has 6 heteroatoms. The van der Waals surface area contributed by atoms with Crippen molar-refractivity contribution >= 4 is 39.0 Å². The zero-order valence-electron chi connectivity index (χ0n) is 12.6. The molecule has 2 heterocycles. The molecule has 0 aliphatic rings. The van der Waals surface area contributed by atoms with Gasteiger partial charge in [-0.15, -0.1) is 11.3 Å². The van der Waals surface area contributed by atoms with E-state index < -0.39 is 0 Å². The number of aryl methyl sites for hydroxylation is 1. The number of nitrogens with zero attached hydrogens (tertiary/aromatic N) is 2. The van der Waals surface area contributed by atoms with Crippen molar-refractivity contribution in [3.05, 3.63) is 46.1 Å². The SMILES string of the molecule is COc1ccc(C(C)Nc2ncnc3scc(Cl)c23)cc1C. The number of methoxy groups -OCH3 is 1. The highest BCUT2D eigenvalue weighted by Gasteiger charge is 2.13. The molecule has 0 radical (unpaired) electrons. The molecule has 0 aliphatic heterocycles. The molecule has 0 aliphatic carbocycles. The third kappa shape index (κ3) is 2.74. The van der Waals surface area contributed by atoms with E-state index in [1.165, 1.54) is 11.3 Å². The van der Waals surface area contributed by atoms with Gasteiger partial charge in [0.25, 0.3) is 0 Å². The van der Waals surface area contributed by atoms with Gasteiger partial charge in [-0.1, -0.05) is 23.7 Å². The summed E-state index contributed by atoms with van der Waals surface area (Å²) in [5.41, 5.74) is 2.27. The summed E-state index contributed by atoms with van der Waals surface area (Å²) < 4.78 is 5.30. The molecule has 4 nitrogen and oxygen atoms in total. The van der Waals surface area contributed by atoms with Crippen LogP contribution in [0.25, 0.3) is 10.2 Å². The molecule has 0 amide bonds. The zero-order valence-corrected chi connectivity index (χ0v) is 14.1. The Bertz CT molecular complexity index is 818. The molecule has 1 unspecified atom stereocenters. The van der Waals surface area contributed by atoms with Gasteiger partial charge in [-0.3, -0.25) is 0 Å². The number of anilines is 1. The normalized spacial score (nSPS) is 12.4. The summed E-state index contributed by atoms with van der Waals surface area (Å²) in [6.45, 7) is 4.13. The maximum Gasteiger partial charge on any atom is 0.140 e. The fourth-order valence-electron chi connectivity index (χ4n) is 2.41. The Morgan fingerprint density at radius 3 is 2.86 bits per heavy atom. The highest BCUT2D eigenvalue weighted by molar-refractivity contribution is 7.17. The van der Waals surface area contributed by atoms with Crippen LogP contribution >= 0.6 is 22.9 Å². The molecule has 114 valence electrons. The van der Waals surface area contributed by atoms with Crippen molar-refractivity contribution in [2.75, 3.05) is 12.4 Å². The van der Waals surface area contributed by atoms with E-state index in [1.54, 1.807) is 13.4 Å². The Morgan fingerprint density at radius 1 is 1.32 bits per heavy atom. The van der Waals surface area contributed by atoms with Crippen LogP contribution in [0.5, 0.6) is 5.75 Å². The highest BCUT2D eigenvalue weighted by atomic mass is 35.5. The summed E-state index contributed by atoms with van der Waals surface area (Å²) in [6, 6.07) is 6.25. The van der Waals surface area contributed by atoms with E-state index in [0.29, 0.717) is 5.02 Å². The second-order valence-electron chi connectivity index (χ2n) is 5.08. The van der Waals surface area contributed by atoms with Crippen molar-refractivity contribution in [2.24, 2.45) is 0 Å². The number of aromatic nitrogens is 2. The highest BCUT2D eigenvalue weighted by Crippen LogP contribution is 2.34. The maximum absolute atomic E-state index is 6.25. The van der Waals surface area contributed by atoms with Gasteiger partial charge in [0.15, 0.2) is 0 Å². The summed E-state index contributed by atoms with van der Waals surface area (Å²) in [5, 5.41) is 6.87. The number of thiophene rings is 1. The van der Waals surface area contributed by atoms with Crippen molar-refractivity contribution in [1.29, 1.82) is 0 Å². The van der Waals surface area contributed by atoms with Crippen LogP contribution in [0.15, 0.2) is 29.9 Å². The topological polar surface area (TPSA) is 47.0 Å². The zero-order chi connectivity index (χ0) is 15.7. The summed E-state index contributed by atoms with van der Waals surface area (Å²) in [6.07, 6.45) is 1.56. The molecular formula is C16H16ClN3OS. The molecular weight excluding hydrogens is 318 g/mol. The number of halogens is 1. The van der Waals surface area contributed by atoms with Gasteiger partial charge in [-0.05, 0) is 31.0 Å². The van der Waals surface area contributed by atoms with Crippen LogP contribution in [0.2, 0.25) is 5.02 Å². The van der Waals surface area contributed by atoms with Gasteiger partial charge >= 0.3 is 0 Å². The Kier molecular flexibility index (Phi) is 4.18. The molecule has 0 saturated heterocycles. The quantitative estimate of drug-likeness (QED) is 0.742. The fraction of sp³-hybridized carbons (Fsp3) is 0.250. The second kappa shape index (κ2) is 6.10. The van der Waals surface area contributed by atoms with E-state index in [2.05, 4.69) is 34.3 Å². The Labute approximate surface area is 138 Å². The molecule has 3 aromatic rings. The molecule has 1 aromatic carbocycles. The van der Waals surface area contributed by atoms with E-state index in [9.17, 15) is 0 Å². The average Bonchev–Trinajstić information content (AvgIpc) is 2.89. The molecule has 3 rings (SSSR count). The van der Waals surface area contributed by atoms with Gasteiger partial charge in [-0.25, -0.2) is 9.97 Å². The summed E-state index contributed by atoms with van der Waals surface area (Å²) in [5.74, 6) is 1.65. The van der Waals surface area contributed by atoms with Crippen molar-refractivity contribution in [3.63, 3.8) is 0 Å². The first-order valence-corrected chi connectivity index (χ1v) is 8.14. The molecule has 22 heavy (non-hydrogen) atoms. The number of rotatable bonds is 4. The first kappa shape index (κ1) is 15.1. The van der Waals surface area contributed by atoms with Gasteiger partial charge in [0, 0.05) is 11.4 Å².